The van der Waals surface area contributed by atoms with E-state index in [0.29, 0.717) is 41.3 Å². The average molecular weight is 461 g/mol. The van der Waals surface area contributed by atoms with Crippen molar-refractivity contribution in [2.75, 3.05) is 16.3 Å². The molecule has 0 spiro atoms. The summed E-state index contributed by atoms with van der Waals surface area (Å²) in [5.41, 5.74) is 1.41. The van der Waals surface area contributed by atoms with Gasteiger partial charge >= 0.3 is 6.61 Å². The number of anilines is 2. The Bertz CT molecular complexity index is 1200. The second-order valence-electron chi connectivity index (χ2n) is 7.55. The SMILES string of the molecule is CS(=O)(=O)Nc1cccc(-c2ccc(NC3(c4ncccc4OC(F)F)CCC3)nn2)c1. The number of alkyl halides is 2. The minimum absolute atomic E-state index is 0.0365. The molecule has 1 aliphatic rings. The molecule has 0 amide bonds. The third-order valence-electron chi connectivity index (χ3n) is 5.14. The number of ether oxygens (including phenoxy) is 1. The molecule has 2 aromatic heterocycles. The van der Waals surface area contributed by atoms with Crippen LogP contribution >= 0.6 is 0 Å². The van der Waals surface area contributed by atoms with Crippen LogP contribution in [-0.2, 0) is 15.6 Å². The van der Waals surface area contributed by atoms with E-state index in [1.54, 1.807) is 48.7 Å². The lowest BCUT2D eigenvalue weighted by atomic mass is 9.73. The first-order valence-electron chi connectivity index (χ1n) is 9.85. The van der Waals surface area contributed by atoms with Crippen LogP contribution in [0.4, 0.5) is 20.3 Å². The normalized spacial score (nSPS) is 15.1. The zero-order chi connectivity index (χ0) is 22.8. The van der Waals surface area contributed by atoms with E-state index in [1.807, 2.05) is 0 Å². The molecule has 8 nitrogen and oxygen atoms in total. The predicted octanol–water partition coefficient (Wildman–Crippen LogP) is 4.00. The van der Waals surface area contributed by atoms with Gasteiger partial charge in [-0.3, -0.25) is 9.71 Å². The lowest BCUT2D eigenvalue weighted by molar-refractivity contribution is -0.0517. The van der Waals surface area contributed by atoms with Gasteiger partial charge in [0.25, 0.3) is 0 Å². The zero-order valence-electron chi connectivity index (χ0n) is 17.1. The highest BCUT2D eigenvalue weighted by molar-refractivity contribution is 7.92. The van der Waals surface area contributed by atoms with Crippen molar-refractivity contribution in [1.82, 2.24) is 15.2 Å². The van der Waals surface area contributed by atoms with Gasteiger partial charge in [-0.2, -0.15) is 8.78 Å². The van der Waals surface area contributed by atoms with Gasteiger partial charge in [-0.05, 0) is 55.7 Å². The molecule has 3 aromatic rings. The van der Waals surface area contributed by atoms with Gasteiger partial charge in [0.1, 0.15) is 17.3 Å². The van der Waals surface area contributed by atoms with E-state index in [-0.39, 0.29) is 5.75 Å². The van der Waals surface area contributed by atoms with Crippen LogP contribution in [0.1, 0.15) is 25.0 Å². The molecule has 1 fully saturated rings. The van der Waals surface area contributed by atoms with Gasteiger partial charge in [0.2, 0.25) is 10.0 Å². The first kappa shape index (κ1) is 21.9. The Labute approximate surface area is 184 Å². The van der Waals surface area contributed by atoms with Crippen molar-refractivity contribution >= 4 is 21.5 Å². The maximum atomic E-state index is 12.8. The largest absolute Gasteiger partial charge is 0.433 e. The Hall–Kier alpha value is -3.34. The Balaban J connectivity index is 1.56. The van der Waals surface area contributed by atoms with Crippen molar-refractivity contribution < 1.29 is 21.9 Å². The van der Waals surface area contributed by atoms with Gasteiger partial charge < -0.3 is 10.1 Å². The van der Waals surface area contributed by atoms with Crippen molar-refractivity contribution in [3.63, 3.8) is 0 Å². The summed E-state index contributed by atoms with van der Waals surface area (Å²) in [6, 6.07) is 13.3. The van der Waals surface area contributed by atoms with Crippen molar-refractivity contribution in [2.45, 2.75) is 31.4 Å². The van der Waals surface area contributed by atoms with Crippen LogP contribution in [0.2, 0.25) is 0 Å². The molecule has 0 saturated heterocycles. The lowest BCUT2D eigenvalue weighted by Crippen LogP contribution is -2.43. The van der Waals surface area contributed by atoms with Gasteiger partial charge in [0.15, 0.2) is 0 Å². The van der Waals surface area contributed by atoms with Crippen LogP contribution in [0.5, 0.6) is 5.75 Å². The topological polar surface area (TPSA) is 106 Å². The van der Waals surface area contributed by atoms with Crippen molar-refractivity contribution in [3.8, 4) is 17.0 Å². The van der Waals surface area contributed by atoms with E-state index in [0.717, 1.165) is 12.7 Å². The summed E-state index contributed by atoms with van der Waals surface area (Å²) in [7, 11) is -3.40. The summed E-state index contributed by atoms with van der Waals surface area (Å²) < 4.78 is 55.7. The molecule has 0 aliphatic heterocycles. The second-order valence-corrected chi connectivity index (χ2v) is 9.30. The van der Waals surface area contributed by atoms with Crippen LogP contribution in [0.25, 0.3) is 11.3 Å². The summed E-state index contributed by atoms with van der Waals surface area (Å²) in [5, 5.41) is 11.7. The average Bonchev–Trinajstić information content (AvgIpc) is 2.70. The fraction of sp³-hybridized carbons (Fsp3) is 0.286. The molecule has 168 valence electrons. The van der Waals surface area contributed by atoms with Crippen LogP contribution in [-0.4, -0.2) is 36.5 Å². The highest BCUT2D eigenvalue weighted by Gasteiger charge is 2.43. The fourth-order valence-corrected chi connectivity index (χ4v) is 4.20. The number of rotatable bonds is 8. The fourth-order valence-electron chi connectivity index (χ4n) is 3.65. The van der Waals surface area contributed by atoms with Crippen LogP contribution in [0.15, 0.2) is 54.7 Å². The van der Waals surface area contributed by atoms with E-state index < -0.39 is 22.2 Å². The lowest BCUT2D eigenvalue weighted by Gasteiger charge is -2.42. The number of benzene rings is 1. The third-order valence-corrected chi connectivity index (χ3v) is 5.75. The number of aromatic nitrogens is 3. The molecule has 11 heteroatoms. The smallest absolute Gasteiger partial charge is 0.387 e. The summed E-state index contributed by atoms with van der Waals surface area (Å²) in [4.78, 5) is 4.30. The van der Waals surface area contributed by atoms with Crippen molar-refractivity contribution in [2.24, 2.45) is 0 Å². The Kier molecular flexibility index (Phi) is 5.92. The number of sulfonamides is 1. The molecule has 2 heterocycles. The molecule has 4 rings (SSSR count). The molecular formula is C21H21F2N5O3S. The zero-order valence-corrected chi connectivity index (χ0v) is 17.9. The van der Waals surface area contributed by atoms with Crippen LogP contribution in [0, 0.1) is 0 Å². The van der Waals surface area contributed by atoms with E-state index >= 15 is 0 Å². The Morgan fingerprint density at radius 2 is 1.91 bits per heavy atom. The number of pyridine rings is 1. The molecule has 1 aliphatic carbocycles. The van der Waals surface area contributed by atoms with Crippen molar-refractivity contribution in [3.05, 3.63) is 60.4 Å². The quantitative estimate of drug-likeness (QED) is 0.522. The summed E-state index contributed by atoms with van der Waals surface area (Å²) in [6.07, 6.45) is 4.90. The minimum atomic E-state index is -3.40. The first-order chi connectivity index (χ1) is 15.2. The second kappa shape index (κ2) is 8.65. The number of halogens is 2. The first-order valence-corrected chi connectivity index (χ1v) is 11.7. The maximum Gasteiger partial charge on any atom is 0.387 e. The van der Waals surface area contributed by atoms with Gasteiger partial charge in [0.05, 0.1) is 17.5 Å². The molecule has 32 heavy (non-hydrogen) atoms. The summed E-state index contributed by atoms with van der Waals surface area (Å²) >= 11 is 0. The van der Waals surface area contributed by atoms with Crippen molar-refractivity contribution in [1.29, 1.82) is 0 Å². The van der Waals surface area contributed by atoms with Gasteiger partial charge in [-0.25, -0.2) is 8.42 Å². The maximum absolute atomic E-state index is 12.8. The molecule has 1 saturated carbocycles. The number of nitrogens with zero attached hydrogens (tertiary/aromatic N) is 3. The minimum Gasteiger partial charge on any atom is -0.433 e. The molecule has 1 aromatic carbocycles. The Morgan fingerprint density at radius 1 is 1.09 bits per heavy atom. The summed E-state index contributed by atoms with van der Waals surface area (Å²) in [5.74, 6) is 0.502. The molecule has 0 radical (unpaired) electrons. The third kappa shape index (κ3) is 4.93. The number of nitrogens with one attached hydrogen (secondary N) is 2. The molecule has 0 atom stereocenters. The molecule has 0 bridgehead atoms. The molecule has 2 N–H and O–H groups in total. The summed E-state index contributed by atoms with van der Waals surface area (Å²) in [6.45, 7) is -2.94. The van der Waals surface area contributed by atoms with Gasteiger partial charge in [-0.15, -0.1) is 10.2 Å². The van der Waals surface area contributed by atoms with Gasteiger partial charge in [-0.1, -0.05) is 12.1 Å². The predicted molar refractivity (Wildman–Crippen MR) is 116 cm³/mol. The highest BCUT2D eigenvalue weighted by Crippen LogP contribution is 2.46. The van der Waals surface area contributed by atoms with Crippen LogP contribution < -0.4 is 14.8 Å². The van der Waals surface area contributed by atoms with E-state index in [1.165, 1.54) is 6.07 Å². The van der Waals surface area contributed by atoms with E-state index in [9.17, 15) is 17.2 Å². The molecule has 0 unspecified atom stereocenters. The number of hydrogen-bond donors (Lipinski definition) is 2. The van der Waals surface area contributed by atoms with Crippen LogP contribution in [0.3, 0.4) is 0 Å². The van der Waals surface area contributed by atoms with E-state index in [4.69, 9.17) is 0 Å². The molecular weight excluding hydrogens is 440 g/mol. The van der Waals surface area contributed by atoms with E-state index in [2.05, 4.69) is 30.0 Å². The monoisotopic (exact) mass is 461 g/mol. The standard InChI is InChI=1S/C21H21F2N5O3S/c1-32(29,30)28-15-6-2-5-14(13-15)16-8-9-18(27-26-16)25-21(10-4-11-21)19-17(31-20(22)23)7-3-12-24-19/h2-3,5-9,12-13,20,28H,4,10-11H2,1H3,(H,25,27). The van der Waals surface area contributed by atoms with Gasteiger partial charge in [0, 0.05) is 17.4 Å². The highest BCUT2D eigenvalue weighted by atomic mass is 32.2. The Morgan fingerprint density at radius 3 is 2.53 bits per heavy atom. The number of hydrogen-bond acceptors (Lipinski definition) is 7.